The number of rotatable bonds is 6. The number of nitrogens with one attached hydrogen (secondary N) is 1. The van der Waals surface area contributed by atoms with E-state index in [0.29, 0.717) is 27.2 Å². The summed E-state index contributed by atoms with van der Waals surface area (Å²) in [7, 11) is -1.52. The maximum absolute atomic E-state index is 12.8. The van der Waals surface area contributed by atoms with Gasteiger partial charge in [-0.2, -0.15) is 0 Å². The maximum atomic E-state index is 12.8. The summed E-state index contributed by atoms with van der Waals surface area (Å²) in [4.78, 5) is 0.378. The van der Waals surface area contributed by atoms with E-state index in [1.807, 2.05) is 12.1 Å². The molecule has 4 nitrogen and oxygen atoms in total. The molecule has 0 radical (unpaired) electrons. The molecule has 138 valence electrons. The molecule has 0 spiro atoms. The summed E-state index contributed by atoms with van der Waals surface area (Å²) >= 11 is 12.1. The zero-order valence-electron chi connectivity index (χ0n) is 14.6. The first-order valence-electron chi connectivity index (χ1n) is 8.37. The van der Waals surface area contributed by atoms with Gasteiger partial charge in [-0.3, -0.25) is 0 Å². The number of anilines is 1. The predicted molar refractivity (Wildman–Crippen MR) is 111 cm³/mol. The van der Waals surface area contributed by atoms with Crippen LogP contribution in [0.25, 0.3) is 10.9 Å². The van der Waals surface area contributed by atoms with Crippen molar-refractivity contribution in [1.29, 1.82) is 0 Å². The molecular formula is C19H21Cl2N3OS. The monoisotopic (exact) mass is 409 g/mol. The summed E-state index contributed by atoms with van der Waals surface area (Å²) in [6.45, 7) is 4.85. The number of benzene rings is 2. The van der Waals surface area contributed by atoms with Crippen molar-refractivity contribution in [3.63, 3.8) is 0 Å². The van der Waals surface area contributed by atoms with Gasteiger partial charge in [0.15, 0.2) is 0 Å². The molecule has 0 bridgehead atoms. The number of hydrogen-bond acceptors (Lipinski definition) is 2. The summed E-state index contributed by atoms with van der Waals surface area (Å²) in [5.41, 5.74) is 8.68. The van der Waals surface area contributed by atoms with Crippen molar-refractivity contribution in [2.75, 3.05) is 5.73 Å². The molecule has 7 heteroatoms. The SMILES string of the molecule is CCC(Cn1cc(C)c2ccccc21)NS(=O)c1c(N)cc(Cl)cc1Cl. The van der Waals surface area contributed by atoms with Gasteiger partial charge in [0, 0.05) is 34.7 Å². The molecule has 3 N–H and O–H groups in total. The van der Waals surface area contributed by atoms with Crippen molar-refractivity contribution in [2.45, 2.75) is 37.8 Å². The predicted octanol–water partition coefficient (Wildman–Crippen LogP) is 4.93. The zero-order chi connectivity index (χ0) is 18.8. The summed E-state index contributed by atoms with van der Waals surface area (Å²) in [5.74, 6) is 0. The molecule has 26 heavy (non-hydrogen) atoms. The van der Waals surface area contributed by atoms with Gasteiger partial charge in [-0.15, -0.1) is 0 Å². The summed E-state index contributed by atoms with van der Waals surface area (Å²) < 4.78 is 18.1. The number of nitrogen functional groups attached to an aromatic ring is 1. The van der Waals surface area contributed by atoms with Gasteiger partial charge in [-0.05, 0) is 37.1 Å². The Kier molecular flexibility index (Phi) is 5.92. The van der Waals surface area contributed by atoms with Gasteiger partial charge < -0.3 is 10.3 Å². The minimum absolute atomic E-state index is 0.00261. The van der Waals surface area contributed by atoms with Gasteiger partial charge in [0.05, 0.1) is 15.6 Å². The average Bonchev–Trinajstić information content (AvgIpc) is 2.89. The molecule has 2 unspecified atom stereocenters. The molecular weight excluding hydrogens is 389 g/mol. The first-order valence-corrected chi connectivity index (χ1v) is 10.3. The van der Waals surface area contributed by atoms with Crippen molar-refractivity contribution >= 4 is 50.8 Å². The average molecular weight is 410 g/mol. The molecule has 1 aromatic heterocycles. The van der Waals surface area contributed by atoms with Crippen LogP contribution in [0.2, 0.25) is 10.0 Å². The Balaban J connectivity index is 1.83. The fraction of sp³-hybridized carbons (Fsp3) is 0.263. The van der Waals surface area contributed by atoms with Gasteiger partial charge in [0.2, 0.25) is 0 Å². The maximum Gasteiger partial charge on any atom is 0.128 e. The van der Waals surface area contributed by atoms with E-state index < -0.39 is 11.0 Å². The van der Waals surface area contributed by atoms with Crippen LogP contribution in [0.5, 0.6) is 0 Å². The Hall–Kier alpha value is -1.53. The molecule has 2 aromatic carbocycles. The van der Waals surface area contributed by atoms with Crippen molar-refractivity contribution in [1.82, 2.24) is 9.29 Å². The third-order valence-corrected chi connectivity index (χ3v) is 6.40. The fourth-order valence-electron chi connectivity index (χ4n) is 3.05. The third-order valence-electron chi connectivity index (χ3n) is 4.39. The second-order valence-electron chi connectivity index (χ2n) is 6.28. The summed E-state index contributed by atoms with van der Waals surface area (Å²) in [6.07, 6.45) is 2.93. The lowest BCUT2D eigenvalue weighted by atomic mass is 10.2. The van der Waals surface area contributed by atoms with E-state index in [-0.39, 0.29) is 6.04 Å². The smallest absolute Gasteiger partial charge is 0.128 e. The number of fused-ring (bicyclic) bond motifs is 1. The largest absolute Gasteiger partial charge is 0.398 e. The molecule has 0 aliphatic heterocycles. The number of aryl methyl sites for hydroxylation is 1. The summed E-state index contributed by atoms with van der Waals surface area (Å²) in [5, 5.41) is 1.96. The molecule has 2 atom stereocenters. The first kappa shape index (κ1) is 19.2. The van der Waals surface area contributed by atoms with Crippen LogP contribution in [0.1, 0.15) is 18.9 Å². The molecule has 0 saturated carbocycles. The van der Waals surface area contributed by atoms with E-state index in [1.54, 1.807) is 12.1 Å². The van der Waals surface area contributed by atoms with E-state index in [4.69, 9.17) is 28.9 Å². The molecule has 3 aromatic rings. The number of para-hydroxylation sites is 1. The van der Waals surface area contributed by atoms with Crippen LogP contribution in [-0.2, 0) is 17.5 Å². The van der Waals surface area contributed by atoms with E-state index >= 15 is 0 Å². The number of nitrogens with two attached hydrogens (primary N) is 1. The van der Waals surface area contributed by atoms with E-state index in [2.05, 4.69) is 41.5 Å². The topological polar surface area (TPSA) is 60.0 Å². The highest BCUT2D eigenvalue weighted by Gasteiger charge is 2.18. The quantitative estimate of drug-likeness (QED) is 0.566. The van der Waals surface area contributed by atoms with Crippen LogP contribution < -0.4 is 10.5 Å². The lowest BCUT2D eigenvalue weighted by molar-refractivity contribution is 0.512. The van der Waals surface area contributed by atoms with E-state index in [1.165, 1.54) is 16.5 Å². The number of aromatic nitrogens is 1. The normalized spacial score (nSPS) is 13.8. The minimum atomic E-state index is -1.52. The van der Waals surface area contributed by atoms with Crippen LogP contribution >= 0.6 is 23.2 Å². The van der Waals surface area contributed by atoms with Crippen molar-refractivity contribution in [2.24, 2.45) is 0 Å². The highest BCUT2D eigenvalue weighted by molar-refractivity contribution is 7.83. The zero-order valence-corrected chi connectivity index (χ0v) is 17.0. The Morgan fingerprint density at radius 3 is 2.69 bits per heavy atom. The Bertz CT molecular complexity index is 948. The lowest BCUT2D eigenvalue weighted by Crippen LogP contribution is -2.34. The molecule has 1 heterocycles. The van der Waals surface area contributed by atoms with Gasteiger partial charge >= 0.3 is 0 Å². The lowest BCUT2D eigenvalue weighted by Gasteiger charge is -2.19. The molecule has 3 rings (SSSR count). The minimum Gasteiger partial charge on any atom is -0.398 e. The molecule has 0 fully saturated rings. The summed E-state index contributed by atoms with van der Waals surface area (Å²) in [6, 6.07) is 11.4. The highest BCUT2D eigenvalue weighted by Crippen LogP contribution is 2.30. The van der Waals surface area contributed by atoms with Gasteiger partial charge in [-0.1, -0.05) is 48.3 Å². The van der Waals surface area contributed by atoms with Gasteiger partial charge in [0.1, 0.15) is 11.0 Å². The molecule has 0 saturated heterocycles. The van der Waals surface area contributed by atoms with E-state index in [9.17, 15) is 4.21 Å². The van der Waals surface area contributed by atoms with E-state index in [0.717, 1.165) is 6.42 Å². The second kappa shape index (κ2) is 8.01. The van der Waals surface area contributed by atoms with Crippen LogP contribution in [0.4, 0.5) is 5.69 Å². The molecule has 0 aliphatic rings. The Labute approximate surface area is 165 Å². The van der Waals surface area contributed by atoms with Crippen LogP contribution in [-0.4, -0.2) is 14.8 Å². The van der Waals surface area contributed by atoms with Crippen LogP contribution in [0, 0.1) is 6.92 Å². The standard InChI is InChI=1S/C19H21Cl2N3OS/c1-3-14(11-24-10-12(2)15-6-4-5-7-18(15)24)23-26(25)19-16(21)8-13(20)9-17(19)22/h4-10,14,23H,3,11,22H2,1-2H3. The van der Waals surface area contributed by atoms with Crippen molar-refractivity contribution in [3.05, 3.63) is 58.2 Å². The first-order chi connectivity index (χ1) is 12.4. The second-order valence-corrected chi connectivity index (χ2v) is 8.30. The van der Waals surface area contributed by atoms with Gasteiger partial charge in [0.25, 0.3) is 0 Å². The molecule has 0 amide bonds. The van der Waals surface area contributed by atoms with Crippen LogP contribution in [0.15, 0.2) is 47.5 Å². The van der Waals surface area contributed by atoms with Crippen LogP contribution in [0.3, 0.4) is 0 Å². The Morgan fingerprint density at radius 1 is 1.27 bits per heavy atom. The van der Waals surface area contributed by atoms with Crippen molar-refractivity contribution < 1.29 is 4.21 Å². The van der Waals surface area contributed by atoms with Gasteiger partial charge in [-0.25, -0.2) is 8.93 Å². The third kappa shape index (κ3) is 3.91. The molecule has 0 aliphatic carbocycles. The Morgan fingerprint density at radius 2 is 2.00 bits per heavy atom. The number of hydrogen-bond donors (Lipinski definition) is 2. The van der Waals surface area contributed by atoms with Crippen molar-refractivity contribution in [3.8, 4) is 0 Å². The number of nitrogens with zero attached hydrogens (tertiary/aromatic N) is 1. The highest BCUT2D eigenvalue weighted by atomic mass is 35.5. The number of halogens is 2. The fourth-order valence-corrected chi connectivity index (χ4v) is 4.94.